The molecular formula is C7H15NO3. The highest BCUT2D eigenvalue weighted by atomic mass is 16.5. The molecule has 0 spiro atoms. The molecule has 0 radical (unpaired) electrons. The average molecular weight is 161 g/mol. The summed E-state index contributed by atoms with van der Waals surface area (Å²) >= 11 is 0. The predicted octanol–water partition coefficient (Wildman–Crippen LogP) is -0.352. The summed E-state index contributed by atoms with van der Waals surface area (Å²) in [5.74, 6) is -0.758. The third-order valence-corrected chi connectivity index (χ3v) is 1.78. The van der Waals surface area contributed by atoms with Crippen molar-refractivity contribution in [3.05, 3.63) is 0 Å². The van der Waals surface area contributed by atoms with E-state index >= 15 is 0 Å². The molecule has 0 saturated heterocycles. The van der Waals surface area contributed by atoms with Crippen LogP contribution in [0, 0.1) is 0 Å². The van der Waals surface area contributed by atoms with E-state index in [1.165, 1.54) is 14.0 Å². The SMILES string of the molecule is CCC(OC)C(C)(O)C(N)=O. The largest absolute Gasteiger partial charge is 0.378 e. The summed E-state index contributed by atoms with van der Waals surface area (Å²) in [6, 6.07) is 0. The second kappa shape index (κ2) is 3.69. The molecule has 3 N–H and O–H groups in total. The molecule has 4 heteroatoms. The second-order valence-electron chi connectivity index (χ2n) is 2.64. The first-order chi connectivity index (χ1) is 4.96. The van der Waals surface area contributed by atoms with E-state index in [2.05, 4.69) is 0 Å². The normalized spacial score (nSPS) is 18.9. The summed E-state index contributed by atoms with van der Waals surface area (Å²) in [7, 11) is 1.44. The fourth-order valence-corrected chi connectivity index (χ4v) is 0.952. The lowest BCUT2D eigenvalue weighted by Gasteiger charge is -2.27. The highest BCUT2D eigenvalue weighted by molar-refractivity contribution is 5.83. The van der Waals surface area contributed by atoms with Crippen LogP contribution in [-0.2, 0) is 9.53 Å². The minimum absolute atomic E-state index is 0.528. The molecule has 0 fully saturated rings. The first-order valence-corrected chi connectivity index (χ1v) is 3.51. The van der Waals surface area contributed by atoms with Crippen LogP contribution >= 0.6 is 0 Å². The lowest BCUT2D eigenvalue weighted by Crippen LogP contribution is -2.51. The van der Waals surface area contributed by atoms with Crippen LogP contribution in [0.5, 0.6) is 0 Å². The van der Waals surface area contributed by atoms with Crippen LogP contribution in [0.1, 0.15) is 20.3 Å². The Balaban J connectivity index is 4.36. The predicted molar refractivity (Wildman–Crippen MR) is 40.9 cm³/mol. The number of hydrogen-bond acceptors (Lipinski definition) is 3. The second-order valence-corrected chi connectivity index (χ2v) is 2.64. The third kappa shape index (κ3) is 2.17. The number of amides is 1. The fraction of sp³-hybridized carbons (Fsp3) is 0.857. The van der Waals surface area contributed by atoms with E-state index in [1.54, 1.807) is 0 Å². The molecule has 0 bridgehead atoms. The minimum atomic E-state index is -1.57. The summed E-state index contributed by atoms with van der Waals surface area (Å²) in [6.07, 6.45) is 0.0203. The minimum Gasteiger partial charge on any atom is -0.378 e. The van der Waals surface area contributed by atoms with Gasteiger partial charge in [-0.15, -0.1) is 0 Å². The molecule has 0 aromatic rings. The highest BCUT2D eigenvalue weighted by Gasteiger charge is 2.36. The Kier molecular flexibility index (Phi) is 3.48. The Morgan fingerprint density at radius 1 is 1.82 bits per heavy atom. The molecule has 0 aromatic carbocycles. The number of carbonyl (C=O) groups excluding carboxylic acids is 1. The lowest BCUT2D eigenvalue weighted by molar-refractivity contribution is -0.149. The smallest absolute Gasteiger partial charge is 0.251 e. The molecule has 0 aliphatic heterocycles. The molecule has 11 heavy (non-hydrogen) atoms. The molecule has 0 rings (SSSR count). The molecule has 4 nitrogen and oxygen atoms in total. The number of carbonyl (C=O) groups is 1. The molecule has 2 atom stereocenters. The van der Waals surface area contributed by atoms with Gasteiger partial charge in [-0.3, -0.25) is 4.79 Å². The van der Waals surface area contributed by atoms with E-state index in [9.17, 15) is 9.90 Å². The summed E-state index contributed by atoms with van der Waals surface area (Å²) in [5, 5.41) is 9.45. The van der Waals surface area contributed by atoms with Crippen molar-refractivity contribution in [1.29, 1.82) is 0 Å². The van der Waals surface area contributed by atoms with E-state index < -0.39 is 17.6 Å². The average Bonchev–Trinajstić information content (AvgIpc) is 1.89. The highest BCUT2D eigenvalue weighted by Crippen LogP contribution is 2.14. The van der Waals surface area contributed by atoms with Crippen molar-refractivity contribution in [3.8, 4) is 0 Å². The zero-order valence-electron chi connectivity index (χ0n) is 7.13. The molecule has 0 saturated carbocycles. The van der Waals surface area contributed by atoms with Gasteiger partial charge in [0.15, 0.2) is 5.60 Å². The molecule has 0 aromatic heterocycles. The summed E-state index contributed by atoms with van der Waals surface area (Å²) < 4.78 is 4.87. The molecular weight excluding hydrogens is 146 g/mol. The van der Waals surface area contributed by atoms with Gasteiger partial charge >= 0.3 is 0 Å². The van der Waals surface area contributed by atoms with Crippen LogP contribution in [0.2, 0.25) is 0 Å². The van der Waals surface area contributed by atoms with Gasteiger partial charge in [0.25, 0.3) is 5.91 Å². The Bertz CT molecular complexity index is 141. The van der Waals surface area contributed by atoms with Gasteiger partial charge in [-0.1, -0.05) is 6.92 Å². The van der Waals surface area contributed by atoms with Crippen molar-refractivity contribution in [2.24, 2.45) is 5.73 Å². The van der Waals surface area contributed by atoms with E-state index in [4.69, 9.17) is 10.5 Å². The van der Waals surface area contributed by atoms with Crippen LogP contribution in [0.25, 0.3) is 0 Å². The maximum atomic E-state index is 10.7. The number of primary amides is 1. The number of ether oxygens (including phenoxy) is 1. The lowest BCUT2D eigenvalue weighted by atomic mass is 9.96. The van der Waals surface area contributed by atoms with Gasteiger partial charge in [0.05, 0.1) is 6.10 Å². The molecule has 2 unspecified atom stereocenters. The summed E-state index contributed by atoms with van der Waals surface area (Å²) in [6.45, 7) is 3.17. The van der Waals surface area contributed by atoms with Gasteiger partial charge in [-0.2, -0.15) is 0 Å². The molecule has 66 valence electrons. The fourth-order valence-electron chi connectivity index (χ4n) is 0.952. The van der Waals surface area contributed by atoms with Gasteiger partial charge in [0.1, 0.15) is 0 Å². The van der Waals surface area contributed by atoms with E-state index in [1.807, 2.05) is 6.92 Å². The number of methoxy groups -OCH3 is 1. The van der Waals surface area contributed by atoms with Gasteiger partial charge < -0.3 is 15.6 Å². The summed E-state index contributed by atoms with van der Waals surface area (Å²) in [4.78, 5) is 10.7. The molecule has 0 aliphatic carbocycles. The number of nitrogens with two attached hydrogens (primary N) is 1. The van der Waals surface area contributed by atoms with Crippen molar-refractivity contribution in [2.75, 3.05) is 7.11 Å². The maximum absolute atomic E-state index is 10.7. The van der Waals surface area contributed by atoms with Crippen molar-refractivity contribution in [3.63, 3.8) is 0 Å². The van der Waals surface area contributed by atoms with Gasteiger partial charge in [-0.05, 0) is 13.3 Å². The number of aliphatic hydroxyl groups is 1. The topological polar surface area (TPSA) is 72.6 Å². The first-order valence-electron chi connectivity index (χ1n) is 3.51. The zero-order valence-corrected chi connectivity index (χ0v) is 7.13. The quantitative estimate of drug-likeness (QED) is 0.591. The van der Waals surface area contributed by atoms with E-state index in [-0.39, 0.29) is 0 Å². The van der Waals surface area contributed by atoms with Crippen LogP contribution in [0.3, 0.4) is 0 Å². The Morgan fingerprint density at radius 2 is 2.27 bits per heavy atom. The zero-order chi connectivity index (χ0) is 9.07. The van der Waals surface area contributed by atoms with Crippen molar-refractivity contribution < 1.29 is 14.6 Å². The monoisotopic (exact) mass is 161 g/mol. The van der Waals surface area contributed by atoms with Gasteiger partial charge in [0.2, 0.25) is 0 Å². The summed E-state index contributed by atoms with van der Waals surface area (Å²) in [5.41, 5.74) is 3.39. The standard InChI is InChI=1S/C7H15NO3/c1-4-5(11-3)7(2,10)6(8)9/h5,10H,4H2,1-3H3,(H2,8,9). The van der Waals surface area contributed by atoms with Crippen LogP contribution < -0.4 is 5.73 Å². The Morgan fingerprint density at radius 3 is 2.36 bits per heavy atom. The molecule has 0 heterocycles. The van der Waals surface area contributed by atoms with E-state index in [0.29, 0.717) is 6.42 Å². The van der Waals surface area contributed by atoms with Crippen molar-refractivity contribution in [2.45, 2.75) is 32.0 Å². The maximum Gasteiger partial charge on any atom is 0.251 e. The Labute approximate surface area is 66.3 Å². The van der Waals surface area contributed by atoms with Crippen LogP contribution in [0.4, 0.5) is 0 Å². The van der Waals surface area contributed by atoms with Crippen LogP contribution in [-0.4, -0.2) is 29.8 Å². The molecule has 0 aliphatic rings. The van der Waals surface area contributed by atoms with E-state index in [0.717, 1.165) is 0 Å². The Hall–Kier alpha value is -0.610. The third-order valence-electron chi connectivity index (χ3n) is 1.78. The first kappa shape index (κ1) is 10.4. The van der Waals surface area contributed by atoms with Gasteiger partial charge in [0, 0.05) is 7.11 Å². The van der Waals surface area contributed by atoms with Crippen molar-refractivity contribution in [1.82, 2.24) is 0 Å². The number of hydrogen-bond donors (Lipinski definition) is 2. The van der Waals surface area contributed by atoms with Gasteiger partial charge in [-0.25, -0.2) is 0 Å². The molecule has 1 amide bonds. The number of rotatable bonds is 4. The van der Waals surface area contributed by atoms with Crippen molar-refractivity contribution >= 4 is 5.91 Å². The van der Waals surface area contributed by atoms with Crippen LogP contribution in [0.15, 0.2) is 0 Å².